The van der Waals surface area contributed by atoms with Crippen LogP contribution < -0.4 is 9.91 Å². The molecule has 0 N–H and O–H groups in total. The number of ketones is 1. The van der Waals surface area contributed by atoms with Crippen LogP contribution in [0.1, 0.15) is 13.8 Å². The van der Waals surface area contributed by atoms with Crippen LogP contribution >= 0.6 is 39.5 Å². The standard InChI is InChI=1S/C21H18BrN3O3S2/c1-13-18(14(2)26)29-21(24(13)16-7-5-4-6-8-16)25(17-11-9-15(22)10-12-17)23-19(30-21)20(27)28-3/h4-12H,1-3H3/t21-/m1/s1. The average molecular weight is 504 g/mol. The van der Waals surface area contributed by atoms with Gasteiger partial charge in [-0.05, 0) is 62.0 Å². The molecular formula is C21H18BrN3O3S2. The highest BCUT2D eigenvalue weighted by Crippen LogP contribution is 2.60. The molecule has 0 fully saturated rings. The number of para-hydroxylation sites is 1. The summed E-state index contributed by atoms with van der Waals surface area (Å²) < 4.78 is 4.97. The number of hydrazone groups is 1. The number of anilines is 2. The normalized spacial score (nSPS) is 20.7. The minimum Gasteiger partial charge on any atom is -0.464 e. The van der Waals surface area contributed by atoms with E-state index in [0.717, 1.165) is 21.5 Å². The second-order valence-electron chi connectivity index (χ2n) is 6.58. The quantitative estimate of drug-likeness (QED) is 0.532. The molecule has 0 unspecified atom stereocenters. The Morgan fingerprint density at radius 1 is 1.03 bits per heavy atom. The van der Waals surface area contributed by atoms with Gasteiger partial charge in [-0.3, -0.25) is 4.79 Å². The minimum atomic E-state index is -0.913. The molecule has 1 atom stereocenters. The van der Waals surface area contributed by atoms with Crippen LogP contribution in [-0.2, 0) is 14.3 Å². The van der Waals surface area contributed by atoms with E-state index in [1.54, 1.807) is 11.9 Å². The van der Waals surface area contributed by atoms with Crippen molar-refractivity contribution >= 4 is 67.6 Å². The number of allylic oxidation sites excluding steroid dienone is 2. The number of esters is 1. The summed E-state index contributed by atoms with van der Waals surface area (Å²) >= 11 is 6.12. The summed E-state index contributed by atoms with van der Waals surface area (Å²) in [5, 5.41) is 6.63. The monoisotopic (exact) mass is 503 g/mol. The molecule has 0 aromatic heterocycles. The van der Waals surface area contributed by atoms with Gasteiger partial charge in [0.1, 0.15) is 0 Å². The fourth-order valence-corrected chi connectivity index (χ4v) is 6.59. The molecule has 0 radical (unpaired) electrons. The first kappa shape index (κ1) is 21.0. The van der Waals surface area contributed by atoms with Gasteiger partial charge in [0.25, 0.3) is 0 Å². The summed E-state index contributed by atoms with van der Waals surface area (Å²) in [5.74, 6) is -0.542. The van der Waals surface area contributed by atoms with Crippen molar-refractivity contribution in [1.29, 1.82) is 0 Å². The number of carbonyl (C=O) groups excluding carboxylic acids is 2. The first-order chi connectivity index (χ1) is 14.4. The number of Topliss-reactive ketones (excluding diaryl/α,β-unsaturated/α-hetero) is 1. The Morgan fingerprint density at radius 2 is 1.70 bits per heavy atom. The fraction of sp³-hybridized carbons (Fsp3) is 0.190. The highest BCUT2D eigenvalue weighted by molar-refractivity contribution is 9.10. The molecular weight excluding hydrogens is 486 g/mol. The van der Waals surface area contributed by atoms with E-state index in [1.165, 1.54) is 30.6 Å². The molecule has 2 aliphatic rings. The maximum Gasteiger partial charge on any atom is 0.365 e. The largest absolute Gasteiger partial charge is 0.464 e. The molecule has 154 valence electrons. The first-order valence-electron chi connectivity index (χ1n) is 9.05. The molecule has 2 aromatic carbocycles. The lowest BCUT2D eigenvalue weighted by Gasteiger charge is -2.41. The number of carbonyl (C=O) groups is 2. The Balaban J connectivity index is 1.91. The van der Waals surface area contributed by atoms with Gasteiger partial charge in [0.15, 0.2) is 5.78 Å². The van der Waals surface area contributed by atoms with Crippen molar-refractivity contribution in [3.8, 4) is 0 Å². The van der Waals surface area contributed by atoms with E-state index in [-0.39, 0.29) is 10.8 Å². The number of ether oxygens (including phenoxy) is 1. The van der Waals surface area contributed by atoms with Crippen molar-refractivity contribution < 1.29 is 14.3 Å². The van der Waals surface area contributed by atoms with Crippen molar-refractivity contribution in [3.63, 3.8) is 0 Å². The van der Waals surface area contributed by atoms with Gasteiger partial charge in [-0.1, -0.05) is 45.9 Å². The predicted molar refractivity (Wildman–Crippen MR) is 126 cm³/mol. The van der Waals surface area contributed by atoms with E-state index in [9.17, 15) is 9.59 Å². The van der Waals surface area contributed by atoms with Gasteiger partial charge in [-0.2, -0.15) is 5.10 Å². The van der Waals surface area contributed by atoms with E-state index in [1.807, 2.05) is 61.5 Å². The van der Waals surface area contributed by atoms with E-state index >= 15 is 0 Å². The van der Waals surface area contributed by atoms with Crippen LogP contribution in [0.5, 0.6) is 0 Å². The number of hydrogen-bond acceptors (Lipinski definition) is 8. The second-order valence-corrected chi connectivity index (χ2v) is 10.1. The van der Waals surface area contributed by atoms with Gasteiger partial charge in [-0.15, -0.1) is 0 Å². The molecule has 2 aromatic rings. The van der Waals surface area contributed by atoms with E-state index in [0.29, 0.717) is 4.91 Å². The summed E-state index contributed by atoms with van der Waals surface area (Å²) in [4.78, 5) is 27.6. The minimum absolute atomic E-state index is 0.0295. The summed E-state index contributed by atoms with van der Waals surface area (Å²) in [6, 6.07) is 17.4. The highest BCUT2D eigenvalue weighted by atomic mass is 79.9. The molecule has 30 heavy (non-hydrogen) atoms. The van der Waals surface area contributed by atoms with Crippen LogP contribution in [0.4, 0.5) is 11.4 Å². The molecule has 0 saturated heterocycles. The van der Waals surface area contributed by atoms with Crippen LogP contribution in [0, 0.1) is 0 Å². The third kappa shape index (κ3) is 3.44. The van der Waals surface area contributed by atoms with Gasteiger partial charge in [0.05, 0.1) is 17.7 Å². The molecule has 0 saturated carbocycles. The number of thioether (sulfide) groups is 2. The second kappa shape index (κ2) is 8.13. The third-order valence-corrected chi connectivity index (χ3v) is 8.14. The molecule has 0 amide bonds. The lowest BCUT2D eigenvalue weighted by molar-refractivity contribution is -0.132. The van der Waals surface area contributed by atoms with Crippen LogP contribution in [0.15, 0.2) is 74.8 Å². The maximum atomic E-state index is 12.5. The number of methoxy groups -OCH3 is 1. The Kier molecular flexibility index (Phi) is 5.69. The number of hydrogen-bond donors (Lipinski definition) is 0. The third-order valence-electron chi connectivity index (χ3n) is 4.64. The topological polar surface area (TPSA) is 62.2 Å². The number of nitrogens with zero attached hydrogens (tertiary/aromatic N) is 3. The molecule has 9 heteroatoms. The molecule has 1 spiro atoms. The van der Waals surface area contributed by atoms with Crippen LogP contribution in [0.3, 0.4) is 0 Å². The Morgan fingerprint density at radius 3 is 2.30 bits per heavy atom. The van der Waals surface area contributed by atoms with E-state index < -0.39 is 10.3 Å². The summed E-state index contributed by atoms with van der Waals surface area (Å²) in [5.41, 5.74) is 2.50. The van der Waals surface area contributed by atoms with Crippen molar-refractivity contribution in [2.75, 3.05) is 17.0 Å². The molecule has 4 rings (SSSR count). The summed E-state index contributed by atoms with van der Waals surface area (Å²) in [7, 11) is 1.33. The smallest absolute Gasteiger partial charge is 0.365 e. The Labute approximate surface area is 191 Å². The average Bonchev–Trinajstić information content (AvgIpc) is 3.26. The summed E-state index contributed by atoms with van der Waals surface area (Å²) in [6.45, 7) is 3.47. The van der Waals surface area contributed by atoms with E-state index in [2.05, 4.69) is 25.9 Å². The lowest BCUT2D eigenvalue weighted by Crippen LogP contribution is -2.49. The number of halogens is 1. The van der Waals surface area contributed by atoms with Crippen molar-refractivity contribution in [1.82, 2.24) is 0 Å². The lowest BCUT2D eigenvalue weighted by atomic mass is 10.2. The van der Waals surface area contributed by atoms with Gasteiger partial charge < -0.3 is 9.64 Å². The van der Waals surface area contributed by atoms with Crippen LogP contribution in [0.25, 0.3) is 0 Å². The zero-order chi connectivity index (χ0) is 21.5. The fourth-order valence-electron chi connectivity index (χ4n) is 3.35. The van der Waals surface area contributed by atoms with Crippen molar-refractivity contribution in [2.45, 2.75) is 18.2 Å². The first-order valence-corrected chi connectivity index (χ1v) is 11.5. The Hall–Kier alpha value is -2.23. The van der Waals surface area contributed by atoms with Crippen molar-refractivity contribution in [2.24, 2.45) is 5.10 Å². The molecule has 0 bridgehead atoms. The molecule has 0 aliphatic carbocycles. The Bertz CT molecular complexity index is 1070. The summed E-state index contributed by atoms with van der Waals surface area (Å²) in [6.07, 6.45) is 0. The molecule has 2 aliphatic heterocycles. The highest BCUT2D eigenvalue weighted by Gasteiger charge is 2.57. The zero-order valence-electron chi connectivity index (χ0n) is 16.5. The number of benzene rings is 2. The van der Waals surface area contributed by atoms with Gasteiger partial charge >= 0.3 is 5.97 Å². The number of rotatable bonds is 4. The maximum absolute atomic E-state index is 12.5. The molecule has 6 nitrogen and oxygen atoms in total. The van der Waals surface area contributed by atoms with E-state index in [4.69, 9.17) is 4.74 Å². The molecule has 2 heterocycles. The van der Waals surface area contributed by atoms with Gasteiger partial charge in [-0.25, -0.2) is 9.80 Å². The van der Waals surface area contributed by atoms with Gasteiger partial charge in [0.2, 0.25) is 9.37 Å². The van der Waals surface area contributed by atoms with Crippen LogP contribution in [-0.4, -0.2) is 28.2 Å². The van der Waals surface area contributed by atoms with Gasteiger partial charge in [0, 0.05) is 15.9 Å². The zero-order valence-corrected chi connectivity index (χ0v) is 19.7. The predicted octanol–water partition coefficient (Wildman–Crippen LogP) is 5.17. The van der Waals surface area contributed by atoms with Crippen LogP contribution in [0.2, 0.25) is 0 Å². The SMILES string of the molecule is COC(=O)C1=NN(c2ccc(Br)cc2)[C@@]2(S1)SC(C(C)=O)=C(C)N2c1ccccc1. The van der Waals surface area contributed by atoms with Crippen molar-refractivity contribution in [3.05, 3.63) is 69.7 Å².